The Morgan fingerprint density at radius 1 is 1.40 bits per heavy atom. The van der Waals surface area contributed by atoms with E-state index >= 15 is 0 Å². The van der Waals surface area contributed by atoms with Gasteiger partial charge in [0.15, 0.2) is 0 Å². The van der Waals surface area contributed by atoms with Crippen molar-refractivity contribution in [2.24, 2.45) is 0 Å². The molecule has 0 unspecified atom stereocenters. The van der Waals surface area contributed by atoms with Crippen LogP contribution in [0.2, 0.25) is 0 Å². The third-order valence-electron chi connectivity index (χ3n) is 2.93. The first kappa shape index (κ1) is 16.1. The number of aromatic nitrogens is 1. The highest BCUT2D eigenvalue weighted by atomic mass is 16.2. The van der Waals surface area contributed by atoms with Gasteiger partial charge in [0.05, 0.1) is 12.2 Å². The third kappa shape index (κ3) is 4.01. The summed E-state index contributed by atoms with van der Waals surface area (Å²) in [5.41, 5.74) is 6.80. The van der Waals surface area contributed by atoms with E-state index in [9.17, 15) is 9.59 Å². The molecule has 0 aliphatic rings. The highest BCUT2D eigenvalue weighted by molar-refractivity contribution is 5.96. The van der Waals surface area contributed by atoms with Crippen LogP contribution in [0.5, 0.6) is 0 Å². The highest BCUT2D eigenvalue weighted by Gasteiger charge is 2.20. The van der Waals surface area contributed by atoms with Crippen molar-refractivity contribution in [3.05, 3.63) is 18.0 Å². The highest BCUT2D eigenvalue weighted by Crippen LogP contribution is 2.13. The molecule has 20 heavy (non-hydrogen) atoms. The average molecular weight is 280 g/mol. The number of carbonyl (C=O) groups is 2. The number of nitrogens with one attached hydrogen (secondary N) is 1. The largest absolute Gasteiger partial charge is 0.397 e. The fraction of sp³-hybridized carbons (Fsp3) is 0.571. The molecule has 6 heteroatoms. The minimum atomic E-state index is -0.176. The lowest BCUT2D eigenvalue weighted by atomic mass is 10.3. The number of nitrogens with zero attached hydrogens (tertiary/aromatic N) is 2. The quantitative estimate of drug-likeness (QED) is 0.818. The van der Waals surface area contributed by atoms with Crippen LogP contribution in [0.25, 0.3) is 0 Å². The van der Waals surface area contributed by atoms with E-state index in [1.165, 1.54) is 4.90 Å². The van der Waals surface area contributed by atoms with E-state index < -0.39 is 0 Å². The summed E-state index contributed by atoms with van der Waals surface area (Å²) in [4.78, 5) is 25.8. The van der Waals surface area contributed by atoms with Gasteiger partial charge in [0, 0.05) is 25.3 Å². The summed E-state index contributed by atoms with van der Waals surface area (Å²) in [6.45, 7) is 8.76. The molecule has 1 rings (SSSR count). The van der Waals surface area contributed by atoms with E-state index in [1.807, 2.05) is 27.7 Å². The van der Waals surface area contributed by atoms with E-state index in [0.717, 1.165) is 0 Å². The van der Waals surface area contributed by atoms with Crippen molar-refractivity contribution in [1.82, 2.24) is 14.8 Å². The minimum absolute atomic E-state index is 0.0578. The summed E-state index contributed by atoms with van der Waals surface area (Å²) in [6, 6.07) is 1.71. The predicted molar refractivity (Wildman–Crippen MR) is 79.4 cm³/mol. The average Bonchev–Trinajstić information content (AvgIpc) is 2.75. The van der Waals surface area contributed by atoms with Crippen molar-refractivity contribution < 1.29 is 9.59 Å². The zero-order valence-electron chi connectivity index (χ0n) is 12.6. The maximum Gasteiger partial charge on any atom is 0.271 e. The van der Waals surface area contributed by atoms with Crippen LogP contribution in [0.4, 0.5) is 5.69 Å². The van der Waals surface area contributed by atoms with Gasteiger partial charge in [-0.15, -0.1) is 0 Å². The molecular weight excluding hydrogens is 256 g/mol. The van der Waals surface area contributed by atoms with Crippen molar-refractivity contribution in [2.45, 2.75) is 40.3 Å². The van der Waals surface area contributed by atoms with Crippen molar-refractivity contribution >= 4 is 17.5 Å². The number of hydrogen-bond donors (Lipinski definition) is 2. The molecule has 2 amide bonds. The van der Waals surface area contributed by atoms with Crippen molar-refractivity contribution in [3.8, 4) is 0 Å². The van der Waals surface area contributed by atoms with Crippen LogP contribution in [0.3, 0.4) is 0 Å². The van der Waals surface area contributed by atoms with Gasteiger partial charge in [-0.25, -0.2) is 0 Å². The number of aryl methyl sites for hydroxylation is 1. The topological polar surface area (TPSA) is 80.4 Å². The fourth-order valence-electron chi connectivity index (χ4n) is 2.00. The van der Waals surface area contributed by atoms with E-state index in [0.29, 0.717) is 24.5 Å². The Morgan fingerprint density at radius 3 is 2.55 bits per heavy atom. The maximum absolute atomic E-state index is 12.5. The number of nitrogens with two attached hydrogens (primary N) is 1. The summed E-state index contributed by atoms with van der Waals surface area (Å²) in [5, 5.41) is 2.78. The van der Waals surface area contributed by atoms with E-state index in [1.54, 1.807) is 16.8 Å². The molecule has 3 N–H and O–H groups in total. The van der Waals surface area contributed by atoms with Gasteiger partial charge in [0.1, 0.15) is 5.69 Å². The SMILES string of the molecule is CCN(CC(=O)NC(C)C)C(=O)c1cc(N)cn1CC. The predicted octanol–water partition coefficient (Wildman–Crippen LogP) is 1.08. The van der Waals surface area contributed by atoms with Gasteiger partial charge in [0.25, 0.3) is 5.91 Å². The maximum atomic E-state index is 12.5. The zero-order valence-corrected chi connectivity index (χ0v) is 12.6. The molecule has 0 radical (unpaired) electrons. The number of anilines is 1. The minimum Gasteiger partial charge on any atom is -0.397 e. The van der Waals surface area contributed by atoms with Crippen LogP contribution in [0, 0.1) is 0 Å². The van der Waals surface area contributed by atoms with E-state index in [-0.39, 0.29) is 24.4 Å². The zero-order chi connectivity index (χ0) is 15.3. The Morgan fingerprint density at radius 2 is 2.05 bits per heavy atom. The van der Waals surface area contributed by atoms with Gasteiger partial charge in [0.2, 0.25) is 5.91 Å². The molecule has 0 saturated heterocycles. The van der Waals surface area contributed by atoms with Crippen LogP contribution < -0.4 is 11.1 Å². The van der Waals surface area contributed by atoms with Crippen LogP contribution in [-0.4, -0.2) is 40.4 Å². The molecule has 0 aliphatic heterocycles. The van der Waals surface area contributed by atoms with Gasteiger partial charge in [-0.3, -0.25) is 9.59 Å². The molecule has 0 aliphatic carbocycles. The second-order valence-electron chi connectivity index (χ2n) is 4.99. The number of nitrogen functional groups attached to an aromatic ring is 1. The first-order valence-corrected chi connectivity index (χ1v) is 6.93. The molecule has 0 atom stereocenters. The van der Waals surface area contributed by atoms with Gasteiger partial charge in [-0.05, 0) is 33.8 Å². The fourth-order valence-corrected chi connectivity index (χ4v) is 2.00. The Bertz CT molecular complexity index is 480. The molecule has 1 aromatic heterocycles. The van der Waals surface area contributed by atoms with Gasteiger partial charge in [-0.2, -0.15) is 0 Å². The second-order valence-corrected chi connectivity index (χ2v) is 4.99. The van der Waals surface area contributed by atoms with E-state index in [2.05, 4.69) is 5.32 Å². The van der Waals surface area contributed by atoms with Gasteiger partial charge in [-0.1, -0.05) is 0 Å². The third-order valence-corrected chi connectivity index (χ3v) is 2.93. The number of carbonyl (C=O) groups excluding carboxylic acids is 2. The molecule has 112 valence electrons. The Hall–Kier alpha value is -1.98. The smallest absolute Gasteiger partial charge is 0.271 e. The lowest BCUT2D eigenvalue weighted by molar-refractivity contribution is -0.122. The van der Waals surface area contributed by atoms with Crippen molar-refractivity contribution in [3.63, 3.8) is 0 Å². The van der Waals surface area contributed by atoms with Gasteiger partial charge >= 0.3 is 0 Å². The van der Waals surface area contributed by atoms with E-state index in [4.69, 9.17) is 5.73 Å². The lowest BCUT2D eigenvalue weighted by Crippen LogP contribution is -2.43. The summed E-state index contributed by atoms with van der Waals surface area (Å²) < 4.78 is 1.79. The summed E-state index contributed by atoms with van der Waals surface area (Å²) in [5.74, 6) is -0.331. The first-order chi connectivity index (χ1) is 9.38. The number of amides is 2. The second kappa shape index (κ2) is 6.98. The normalized spacial score (nSPS) is 10.7. The molecule has 1 aromatic rings. The van der Waals surface area contributed by atoms with Crippen LogP contribution in [0.1, 0.15) is 38.2 Å². The van der Waals surface area contributed by atoms with Crippen LogP contribution >= 0.6 is 0 Å². The molecule has 1 heterocycles. The molecule has 0 bridgehead atoms. The lowest BCUT2D eigenvalue weighted by Gasteiger charge is -2.21. The number of hydrogen-bond acceptors (Lipinski definition) is 3. The van der Waals surface area contributed by atoms with Gasteiger partial charge < -0.3 is 20.5 Å². The van der Waals surface area contributed by atoms with Crippen molar-refractivity contribution in [2.75, 3.05) is 18.8 Å². The molecule has 0 spiro atoms. The molecular formula is C14H24N4O2. The van der Waals surface area contributed by atoms with Crippen LogP contribution in [-0.2, 0) is 11.3 Å². The first-order valence-electron chi connectivity index (χ1n) is 6.93. The van der Waals surface area contributed by atoms with Crippen molar-refractivity contribution in [1.29, 1.82) is 0 Å². The number of likely N-dealkylation sites (N-methyl/N-ethyl adjacent to an activating group) is 1. The van der Waals surface area contributed by atoms with Crippen LogP contribution in [0.15, 0.2) is 12.3 Å². The Kier molecular flexibility index (Phi) is 5.61. The summed E-state index contributed by atoms with van der Waals surface area (Å²) >= 11 is 0. The molecule has 0 aromatic carbocycles. The Balaban J connectivity index is 2.83. The monoisotopic (exact) mass is 280 g/mol. The summed E-state index contributed by atoms with van der Waals surface area (Å²) in [6.07, 6.45) is 1.73. The number of rotatable bonds is 6. The Labute approximate surface area is 119 Å². The summed E-state index contributed by atoms with van der Waals surface area (Å²) in [7, 11) is 0. The molecule has 0 saturated carbocycles. The molecule has 6 nitrogen and oxygen atoms in total. The standard InChI is InChI=1S/C14H24N4O2/c1-5-17-8-11(15)7-12(17)14(20)18(6-2)9-13(19)16-10(3)4/h7-8,10H,5-6,9,15H2,1-4H3,(H,16,19). The molecule has 0 fully saturated rings.